The number of halogens is 1. The minimum Gasteiger partial charge on any atom is -0.496 e. The van der Waals surface area contributed by atoms with Crippen molar-refractivity contribution in [1.82, 2.24) is 9.97 Å². The molecule has 0 bridgehead atoms. The van der Waals surface area contributed by atoms with Gasteiger partial charge in [-0.05, 0) is 58.2 Å². The second-order valence-corrected chi connectivity index (χ2v) is 13.5. The average Bonchev–Trinajstić information content (AvgIpc) is 3.10. The molecule has 3 aromatic carbocycles. The number of methoxy groups -OCH3 is 2. The molecule has 0 aliphatic carbocycles. The van der Waals surface area contributed by atoms with Crippen molar-refractivity contribution in [3.8, 4) is 23.0 Å². The summed E-state index contributed by atoms with van der Waals surface area (Å²) in [6.07, 6.45) is 5.40. The molecule has 0 N–H and O–H groups in total. The summed E-state index contributed by atoms with van der Waals surface area (Å²) >= 11 is 6.32. The maximum absolute atomic E-state index is 12.0. The fourth-order valence-corrected chi connectivity index (χ4v) is 5.42. The highest BCUT2D eigenvalue weighted by Crippen LogP contribution is 2.38. The number of carbonyl (C=O) groups excluding carboxylic acids is 1. The number of ether oxygens (including phenoxy) is 6. The first kappa shape index (κ1) is 39.2. The lowest BCUT2D eigenvalue weighted by Gasteiger charge is -2.26. The Hall–Kier alpha value is -4.54. The largest absolute Gasteiger partial charge is 0.496 e. The van der Waals surface area contributed by atoms with E-state index < -0.39 is 5.60 Å². The number of esters is 1. The van der Waals surface area contributed by atoms with Crippen LogP contribution >= 0.6 is 11.6 Å². The molecule has 4 aromatic rings. The Labute approximate surface area is 307 Å². The van der Waals surface area contributed by atoms with Crippen molar-refractivity contribution in [3.05, 3.63) is 94.9 Å². The van der Waals surface area contributed by atoms with E-state index in [1.54, 1.807) is 20.3 Å². The second-order valence-electron chi connectivity index (χ2n) is 13.1. The number of hydrogen-bond acceptors (Lipinski definition) is 10. The maximum atomic E-state index is 12.0. The Morgan fingerprint density at radius 1 is 0.804 bits per heavy atom. The molecule has 1 heterocycles. The molecular formula is C40H50ClN3O7. The van der Waals surface area contributed by atoms with Gasteiger partial charge >= 0.3 is 5.97 Å². The number of nitrogens with zero attached hydrogens (tertiary/aromatic N) is 3. The van der Waals surface area contributed by atoms with Crippen molar-refractivity contribution in [2.24, 2.45) is 0 Å². The third-order valence-electron chi connectivity index (χ3n) is 7.77. The van der Waals surface area contributed by atoms with E-state index in [-0.39, 0.29) is 5.97 Å². The Morgan fingerprint density at radius 2 is 1.51 bits per heavy atom. The smallest absolute Gasteiger partial charge is 0.306 e. The van der Waals surface area contributed by atoms with Crippen LogP contribution in [0.15, 0.2) is 73.1 Å². The van der Waals surface area contributed by atoms with Crippen molar-refractivity contribution in [2.45, 2.75) is 78.6 Å². The van der Waals surface area contributed by atoms with Crippen molar-refractivity contribution in [1.29, 1.82) is 0 Å². The van der Waals surface area contributed by atoms with E-state index in [0.717, 1.165) is 48.2 Å². The first-order valence-electron chi connectivity index (χ1n) is 17.3. The van der Waals surface area contributed by atoms with Crippen molar-refractivity contribution < 1.29 is 33.2 Å². The summed E-state index contributed by atoms with van der Waals surface area (Å²) in [5.74, 6) is 2.94. The molecule has 0 fully saturated rings. The van der Waals surface area contributed by atoms with Crippen LogP contribution in [0.2, 0.25) is 5.15 Å². The van der Waals surface area contributed by atoms with Gasteiger partial charge in [-0.2, -0.15) is 0 Å². The molecule has 0 unspecified atom stereocenters. The SMILES string of the molecule is COc1cc(OCCOCc2ccc(C)cc2)cc(OC)c1CN(c1cccc(OCCCCCCC(=O)OC(C)(C)C)c1)c1cc(Cl)ncn1. The van der Waals surface area contributed by atoms with Crippen LogP contribution in [0.1, 0.15) is 69.6 Å². The number of hydrogen-bond donors (Lipinski definition) is 0. The highest BCUT2D eigenvalue weighted by atomic mass is 35.5. The van der Waals surface area contributed by atoms with Crippen LogP contribution in [0.5, 0.6) is 23.0 Å². The second kappa shape index (κ2) is 19.7. The van der Waals surface area contributed by atoms with E-state index >= 15 is 0 Å². The summed E-state index contributed by atoms with van der Waals surface area (Å²) in [5.41, 5.74) is 3.49. The molecule has 11 heteroatoms. The summed E-state index contributed by atoms with van der Waals surface area (Å²) in [6.45, 7) is 9.90. The third-order valence-corrected chi connectivity index (χ3v) is 7.98. The molecule has 0 saturated heterocycles. The van der Waals surface area contributed by atoms with Gasteiger partial charge in [0.15, 0.2) is 0 Å². The van der Waals surface area contributed by atoms with Crippen LogP contribution in [-0.4, -0.2) is 55.6 Å². The Balaban J connectivity index is 1.40. The minimum atomic E-state index is -0.453. The number of rotatable bonds is 20. The van der Waals surface area contributed by atoms with Gasteiger partial charge in [0.1, 0.15) is 52.5 Å². The van der Waals surface area contributed by atoms with E-state index in [4.69, 9.17) is 40.0 Å². The Kier molecular flexibility index (Phi) is 15.2. The summed E-state index contributed by atoms with van der Waals surface area (Å²) in [6, 6.07) is 21.5. The zero-order valence-corrected chi connectivity index (χ0v) is 31.3. The number of benzene rings is 3. The molecule has 0 amide bonds. The van der Waals surface area contributed by atoms with Gasteiger partial charge in [-0.3, -0.25) is 4.79 Å². The molecule has 4 rings (SSSR count). The Morgan fingerprint density at radius 3 is 2.20 bits per heavy atom. The first-order chi connectivity index (χ1) is 24.5. The van der Waals surface area contributed by atoms with Gasteiger partial charge in [-0.25, -0.2) is 9.97 Å². The predicted octanol–water partition coefficient (Wildman–Crippen LogP) is 9.06. The van der Waals surface area contributed by atoms with E-state index in [9.17, 15) is 4.79 Å². The van der Waals surface area contributed by atoms with Crippen LogP contribution < -0.4 is 23.8 Å². The van der Waals surface area contributed by atoms with Crippen LogP contribution in [0.25, 0.3) is 0 Å². The zero-order chi connectivity index (χ0) is 36.6. The van der Waals surface area contributed by atoms with Gasteiger partial charge in [0.2, 0.25) is 0 Å². The quantitative estimate of drug-likeness (QED) is 0.0500. The lowest BCUT2D eigenvalue weighted by molar-refractivity contribution is -0.154. The summed E-state index contributed by atoms with van der Waals surface area (Å²) < 4.78 is 35.1. The summed E-state index contributed by atoms with van der Waals surface area (Å²) in [7, 11) is 3.23. The van der Waals surface area contributed by atoms with Crippen molar-refractivity contribution in [3.63, 3.8) is 0 Å². The highest BCUT2D eigenvalue weighted by molar-refractivity contribution is 6.29. The lowest BCUT2D eigenvalue weighted by atomic mass is 10.1. The van der Waals surface area contributed by atoms with Gasteiger partial charge in [0.25, 0.3) is 0 Å². The first-order valence-corrected chi connectivity index (χ1v) is 17.6. The molecule has 1 aromatic heterocycles. The van der Waals surface area contributed by atoms with Crippen molar-refractivity contribution in [2.75, 3.05) is 38.9 Å². The molecule has 51 heavy (non-hydrogen) atoms. The predicted molar refractivity (Wildman–Crippen MR) is 200 cm³/mol. The van der Waals surface area contributed by atoms with Gasteiger partial charge in [0, 0.05) is 36.4 Å². The zero-order valence-electron chi connectivity index (χ0n) is 30.6. The monoisotopic (exact) mass is 719 g/mol. The molecule has 0 aliphatic heterocycles. The average molecular weight is 720 g/mol. The summed E-state index contributed by atoms with van der Waals surface area (Å²) in [5, 5.41) is 0.316. The van der Waals surface area contributed by atoms with Crippen molar-refractivity contribution >= 4 is 29.1 Å². The third kappa shape index (κ3) is 13.3. The van der Waals surface area contributed by atoms with Gasteiger partial charge in [-0.15, -0.1) is 0 Å². The molecule has 0 atom stereocenters. The number of aromatic nitrogens is 2. The van der Waals surface area contributed by atoms with Crippen LogP contribution in [0, 0.1) is 6.92 Å². The Bertz CT molecular complexity index is 1650. The summed E-state index contributed by atoms with van der Waals surface area (Å²) in [4.78, 5) is 22.6. The molecule has 274 valence electrons. The van der Waals surface area contributed by atoms with E-state index in [1.165, 1.54) is 11.9 Å². The topological polar surface area (TPSA) is 101 Å². The number of anilines is 2. The van der Waals surface area contributed by atoms with Gasteiger partial charge < -0.3 is 33.3 Å². The maximum Gasteiger partial charge on any atom is 0.306 e. The standard InChI is InChI=1S/C40H50ClN3O7/c1-29-15-17-30(18-16-29)27-48-20-21-50-33-23-35(46-5)34(36(24-33)47-6)26-44(38-25-37(41)42-28-43-38)31-12-11-13-32(22-31)49-19-10-8-7-9-14-39(45)51-40(2,3)4/h11-13,15-18,22-25,28H,7-10,14,19-21,26-27H2,1-6H3. The van der Waals surface area contributed by atoms with E-state index in [0.29, 0.717) is 67.6 Å². The fraction of sp³-hybridized carbons (Fsp3) is 0.425. The van der Waals surface area contributed by atoms with E-state index in [1.807, 2.05) is 62.1 Å². The fourth-order valence-electron chi connectivity index (χ4n) is 5.28. The molecule has 0 saturated carbocycles. The minimum absolute atomic E-state index is 0.153. The number of carbonyl (C=O) groups is 1. The van der Waals surface area contributed by atoms with Crippen LogP contribution in [0.3, 0.4) is 0 Å². The van der Waals surface area contributed by atoms with Crippen LogP contribution in [0.4, 0.5) is 11.5 Å². The molecular weight excluding hydrogens is 670 g/mol. The molecule has 10 nitrogen and oxygen atoms in total. The molecule has 0 spiro atoms. The van der Waals surface area contributed by atoms with Crippen LogP contribution in [-0.2, 0) is 27.4 Å². The normalized spacial score (nSPS) is 11.2. The van der Waals surface area contributed by atoms with Gasteiger partial charge in [-0.1, -0.05) is 60.3 Å². The highest BCUT2D eigenvalue weighted by Gasteiger charge is 2.21. The lowest BCUT2D eigenvalue weighted by Crippen LogP contribution is -2.23. The van der Waals surface area contributed by atoms with Gasteiger partial charge in [0.05, 0.1) is 46.1 Å². The number of unbranched alkanes of at least 4 members (excludes halogenated alkanes) is 3. The number of aryl methyl sites for hydroxylation is 1. The molecule has 0 aliphatic rings. The van der Waals surface area contributed by atoms with E-state index in [2.05, 4.69) is 41.2 Å². The molecule has 0 radical (unpaired) electrons.